The molecule has 3 aromatic heterocycles. The van der Waals surface area contributed by atoms with Crippen LogP contribution < -0.4 is 11.1 Å². The minimum absolute atomic E-state index is 0.218. The average Bonchev–Trinajstić information content (AvgIpc) is 3.41. The van der Waals surface area contributed by atoms with Gasteiger partial charge in [0.05, 0.1) is 17.8 Å². The zero-order valence-electron chi connectivity index (χ0n) is 16.8. The van der Waals surface area contributed by atoms with Crippen molar-refractivity contribution in [3.8, 4) is 28.3 Å². The molecule has 1 aliphatic heterocycles. The molecule has 0 saturated carbocycles. The number of hydrogen-bond donors (Lipinski definition) is 3. The minimum atomic E-state index is 0.218. The number of rotatable bonds is 4. The minimum Gasteiger partial charge on any atom is -0.508 e. The topological polar surface area (TPSA) is 115 Å². The first kappa shape index (κ1) is 18.6. The number of anilines is 1. The Bertz CT molecular complexity index is 1210. The van der Waals surface area contributed by atoms with E-state index in [4.69, 9.17) is 10.2 Å². The first-order valence-corrected chi connectivity index (χ1v) is 10.3. The van der Waals surface area contributed by atoms with Crippen LogP contribution in [0, 0.1) is 0 Å². The largest absolute Gasteiger partial charge is 0.508 e. The first-order valence-electron chi connectivity index (χ1n) is 10.3. The molecule has 4 aromatic rings. The Balaban J connectivity index is 1.51. The molecule has 154 valence electrons. The van der Waals surface area contributed by atoms with Crippen LogP contribution in [-0.2, 0) is 6.42 Å². The number of oxazole rings is 1. The molecule has 0 spiro atoms. The lowest BCUT2D eigenvalue weighted by Gasteiger charge is -2.22. The van der Waals surface area contributed by atoms with Crippen LogP contribution in [0.3, 0.4) is 0 Å². The monoisotopic (exact) mass is 404 g/mol. The Kier molecular flexibility index (Phi) is 4.63. The van der Waals surface area contributed by atoms with Gasteiger partial charge in [0.2, 0.25) is 5.89 Å². The molecule has 1 saturated heterocycles. The van der Waals surface area contributed by atoms with Crippen LogP contribution in [0.25, 0.3) is 33.7 Å². The number of nitrogens with two attached hydrogens (primary N) is 1. The molecule has 0 bridgehead atoms. The molecule has 8 nitrogen and oxygen atoms in total. The molecule has 1 aromatic carbocycles. The van der Waals surface area contributed by atoms with Crippen LogP contribution in [0.15, 0.2) is 41.2 Å². The van der Waals surface area contributed by atoms with Gasteiger partial charge < -0.3 is 20.6 Å². The summed E-state index contributed by atoms with van der Waals surface area (Å²) in [5, 5.41) is 18.1. The summed E-state index contributed by atoms with van der Waals surface area (Å²) >= 11 is 0. The molecule has 4 N–H and O–H groups in total. The Hall–Kier alpha value is -3.39. The normalized spacial score (nSPS) is 15.1. The van der Waals surface area contributed by atoms with Crippen LogP contribution >= 0.6 is 0 Å². The third-order valence-electron chi connectivity index (χ3n) is 5.74. The van der Waals surface area contributed by atoms with Crippen molar-refractivity contribution in [3.63, 3.8) is 0 Å². The summed E-state index contributed by atoms with van der Waals surface area (Å²) in [7, 11) is 0. The fraction of sp³-hybridized carbons (Fsp3) is 0.318. The molecule has 5 rings (SSSR count). The summed E-state index contributed by atoms with van der Waals surface area (Å²) in [4.78, 5) is 8.88. The number of pyridine rings is 1. The molecule has 0 amide bonds. The standard InChI is InChI=1S/C22H24N6O2/c1-2-13-8-20-18(9-19(13)29)27-22(30-20)17-7-14(10-25-21(17)23)15-11-26-28(12-15)16-3-5-24-6-4-16/h7-12,16,24,29H,2-6H2,1H3,(H2,23,25). The quantitative estimate of drug-likeness (QED) is 0.476. The van der Waals surface area contributed by atoms with Crippen LogP contribution in [0.1, 0.15) is 31.4 Å². The zero-order chi connectivity index (χ0) is 20.7. The van der Waals surface area contributed by atoms with Gasteiger partial charge in [-0.1, -0.05) is 6.92 Å². The molecule has 1 fully saturated rings. The molecular weight excluding hydrogens is 380 g/mol. The summed E-state index contributed by atoms with van der Waals surface area (Å²) in [6, 6.07) is 5.78. The molecule has 0 atom stereocenters. The number of aromatic hydroxyl groups is 1. The Morgan fingerprint density at radius 1 is 1.20 bits per heavy atom. The van der Waals surface area contributed by atoms with E-state index in [1.54, 1.807) is 12.3 Å². The van der Waals surface area contributed by atoms with Gasteiger partial charge in [0.15, 0.2) is 5.58 Å². The average molecular weight is 404 g/mol. The number of phenolic OH excluding ortho intramolecular Hbond substituents is 1. The maximum atomic E-state index is 10.1. The lowest BCUT2D eigenvalue weighted by molar-refractivity contribution is 0.343. The number of aromatic nitrogens is 4. The number of hydrogen-bond acceptors (Lipinski definition) is 7. The molecule has 0 radical (unpaired) electrons. The first-order chi connectivity index (χ1) is 14.6. The number of fused-ring (bicyclic) bond motifs is 1. The van der Waals surface area contributed by atoms with E-state index in [0.717, 1.165) is 42.6 Å². The maximum absolute atomic E-state index is 10.1. The van der Waals surface area contributed by atoms with E-state index in [1.807, 2.05) is 29.9 Å². The van der Waals surface area contributed by atoms with Crippen molar-refractivity contribution in [3.05, 3.63) is 42.4 Å². The highest BCUT2D eigenvalue weighted by Crippen LogP contribution is 2.33. The summed E-state index contributed by atoms with van der Waals surface area (Å²) in [6.07, 6.45) is 8.51. The van der Waals surface area contributed by atoms with Crippen LogP contribution in [-0.4, -0.2) is 37.9 Å². The molecule has 0 aliphatic carbocycles. The van der Waals surface area contributed by atoms with Crippen molar-refractivity contribution in [1.82, 2.24) is 25.1 Å². The number of piperidine rings is 1. The second-order valence-electron chi connectivity index (χ2n) is 7.67. The third kappa shape index (κ3) is 3.29. The van der Waals surface area contributed by atoms with Crippen molar-refractivity contribution in [1.29, 1.82) is 0 Å². The molecule has 30 heavy (non-hydrogen) atoms. The predicted molar refractivity (Wildman–Crippen MR) is 115 cm³/mol. The van der Waals surface area contributed by atoms with Crippen molar-refractivity contribution in [2.75, 3.05) is 18.8 Å². The van der Waals surface area contributed by atoms with Crippen LogP contribution in [0.2, 0.25) is 0 Å². The van der Waals surface area contributed by atoms with Gasteiger partial charge in [-0.2, -0.15) is 5.10 Å². The highest BCUT2D eigenvalue weighted by Gasteiger charge is 2.18. The second-order valence-corrected chi connectivity index (χ2v) is 7.67. The molecular formula is C22H24N6O2. The van der Waals surface area contributed by atoms with Gasteiger partial charge in [-0.05, 0) is 50.0 Å². The molecule has 4 heterocycles. The number of benzene rings is 1. The third-order valence-corrected chi connectivity index (χ3v) is 5.74. The van der Waals surface area contributed by atoms with Gasteiger partial charge >= 0.3 is 0 Å². The zero-order valence-corrected chi connectivity index (χ0v) is 16.8. The molecule has 1 aliphatic rings. The van der Waals surface area contributed by atoms with Gasteiger partial charge in [-0.25, -0.2) is 9.97 Å². The van der Waals surface area contributed by atoms with Crippen molar-refractivity contribution in [2.45, 2.75) is 32.2 Å². The number of nitrogen functional groups attached to an aromatic ring is 1. The van der Waals surface area contributed by atoms with Crippen LogP contribution in [0.5, 0.6) is 5.75 Å². The van der Waals surface area contributed by atoms with E-state index in [2.05, 4.69) is 26.6 Å². The van der Waals surface area contributed by atoms with E-state index in [1.165, 1.54) is 0 Å². The maximum Gasteiger partial charge on any atom is 0.231 e. The van der Waals surface area contributed by atoms with E-state index >= 15 is 0 Å². The Labute approximate surface area is 173 Å². The summed E-state index contributed by atoms with van der Waals surface area (Å²) in [5.74, 6) is 0.946. The van der Waals surface area contributed by atoms with Gasteiger partial charge in [0, 0.05) is 29.6 Å². The summed E-state index contributed by atoms with van der Waals surface area (Å²) < 4.78 is 8.00. The Morgan fingerprint density at radius 3 is 2.83 bits per heavy atom. The van der Waals surface area contributed by atoms with Gasteiger partial charge in [-0.15, -0.1) is 0 Å². The Morgan fingerprint density at radius 2 is 2.03 bits per heavy atom. The lowest BCUT2D eigenvalue weighted by atomic mass is 10.1. The van der Waals surface area contributed by atoms with Crippen molar-refractivity contribution >= 4 is 16.9 Å². The van der Waals surface area contributed by atoms with Crippen molar-refractivity contribution < 1.29 is 9.52 Å². The predicted octanol–water partition coefficient (Wildman–Crippen LogP) is 3.53. The van der Waals surface area contributed by atoms with Gasteiger partial charge in [-0.3, -0.25) is 4.68 Å². The van der Waals surface area contributed by atoms with Crippen LogP contribution in [0.4, 0.5) is 5.82 Å². The van der Waals surface area contributed by atoms with Gasteiger partial charge in [0.1, 0.15) is 17.1 Å². The molecule has 8 heteroatoms. The SMILES string of the molecule is CCc1cc2oc(-c3cc(-c4cnn(C5CCNCC5)c4)cnc3N)nc2cc1O. The highest BCUT2D eigenvalue weighted by atomic mass is 16.3. The molecule has 0 unspecified atom stereocenters. The number of nitrogens with zero attached hydrogens (tertiary/aromatic N) is 4. The second kappa shape index (κ2) is 7.46. The fourth-order valence-corrected chi connectivity index (χ4v) is 3.97. The van der Waals surface area contributed by atoms with E-state index in [0.29, 0.717) is 40.8 Å². The van der Waals surface area contributed by atoms with E-state index < -0.39 is 0 Å². The van der Waals surface area contributed by atoms with E-state index in [-0.39, 0.29) is 5.75 Å². The summed E-state index contributed by atoms with van der Waals surface area (Å²) in [5.41, 5.74) is 10.7. The number of aryl methyl sites for hydroxylation is 1. The van der Waals surface area contributed by atoms with Gasteiger partial charge in [0.25, 0.3) is 0 Å². The summed E-state index contributed by atoms with van der Waals surface area (Å²) in [6.45, 7) is 4.01. The smallest absolute Gasteiger partial charge is 0.231 e. The fourth-order valence-electron chi connectivity index (χ4n) is 3.97. The number of nitrogens with one attached hydrogen (secondary N) is 1. The lowest BCUT2D eigenvalue weighted by Crippen LogP contribution is -2.29. The highest BCUT2D eigenvalue weighted by molar-refractivity contribution is 5.82. The number of phenols is 1. The van der Waals surface area contributed by atoms with Crippen molar-refractivity contribution in [2.24, 2.45) is 0 Å². The van der Waals surface area contributed by atoms with E-state index in [9.17, 15) is 5.11 Å².